The first kappa shape index (κ1) is 17.6. The Kier molecular flexibility index (Phi) is 5.59. The number of benzene rings is 2. The number of hydrogen-bond acceptors (Lipinski definition) is 3. The van der Waals surface area contributed by atoms with E-state index in [4.69, 9.17) is 10.00 Å². The Morgan fingerprint density at radius 1 is 1.17 bits per heavy atom. The normalized spacial score (nSPS) is 11.7. The van der Waals surface area contributed by atoms with Gasteiger partial charge in [0.05, 0.1) is 11.6 Å². The number of nitrogens with one attached hydrogen (secondary N) is 1. The number of hydrogen-bond donors (Lipinski definition) is 1. The van der Waals surface area contributed by atoms with Gasteiger partial charge in [0.25, 0.3) is 5.91 Å². The van der Waals surface area contributed by atoms with Crippen LogP contribution < -0.4 is 10.1 Å². The second kappa shape index (κ2) is 7.65. The molecule has 4 heteroatoms. The van der Waals surface area contributed by atoms with Crippen molar-refractivity contribution in [2.24, 2.45) is 0 Å². The van der Waals surface area contributed by atoms with Crippen LogP contribution in [0.4, 0.5) is 5.69 Å². The van der Waals surface area contributed by atoms with Gasteiger partial charge in [-0.1, -0.05) is 38.1 Å². The highest BCUT2D eigenvalue weighted by Gasteiger charge is 2.18. The van der Waals surface area contributed by atoms with Gasteiger partial charge < -0.3 is 10.1 Å². The van der Waals surface area contributed by atoms with E-state index in [1.807, 2.05) is 25.1 Å². The van der Waals surface area contributed by atoms with Gasteiger partial charge in [0.15, 0.2) is 6.10 Å². The summed E-state index contributed by atoms with van der Waals surface area (Å²) in [6, 6.07) is 14.8. The molecular formula is C20H22N2O2. The zero-order chi connectivity index (χ0) is 17.7. The summed E-state index contributed by atoms with van der Waals surface area (Å²) in [5.74, 6) is 0.600. The predicted molar refractivity (Wildman–Crippen MR) is 95.1 cm³/mol. The SMILES string of the molecule is Cc1cccc(C(C)C)c1NC(=O)[C@H](C)Oc1cccc(C#N)c1. The molecule has 1 atom stereocenters. The molecule has 0 spiro atoms. The number of carbonyl (C=O) groups excluding carboxylic acids is 1. The molecule has 0 heterocycles. The van der Waals surface area contributed by atoms with Gasteiger partial charge in [-0.15, -0.1) is 0 Å². The first-order valence-corrected chi connectivity index (χ1v) is 7.99. The van der Waals surface area contributed by atoms with E-state index in [-0.39, 0.29) is 5.91 Å². The number of nitrogens with zero attached hydrogens (tertiary/aromatic N) is 1. The fourth-order valence-corrected chi connectivity index (χ4v) is 2.46. The van der Waals surface area contributed by atoms with Crippen molar-refractivity contribution < 1.29 is 9.53 Å². The van der Waals surface area contributed by atoms with Crippen LogP contribution in [0, 0.1) is 18.3 Å². The lowest BCUT2D eigenvalue weighted by Gasteiger charge is -2.19. The smallest absolute Gasteiger partial charge is 0.265 e. The van der Waals surface area contributed by atoms with Crippen LogP contribution in [0.3, 0.4) is 0 Å². The molecule has 2 rings (SSSR count). The highest BCUT2D eigenvalue weighted by molar-refractivity contribution is 5.95. The van der Waals surface area contributed by atoms with Crippen LogP contribution in [0.2, 0.25) is 0 Å². The van der Waals surface area contributed by atoms with E-state index in [2.05, 4.69) is 25.2 Å². The Bertz CT molecular complexity index is 775. The summed E-state index contributed by atoms with van der Waals surface area (Å²) in [5, 5.41) is 11.9. The predicted octanol–water partition coefficient (Wildman–Crippen LogP) is 4.40. The van der Waals surface area contributed by atoms with Crippen LogP contribution in [0.25, 0.3) is 0 Å². The van der Waals surface area contributed by atoms with Gasteiger partial charge in [0.2, 0.25) is 0 Å². The number of aryl methyl sites for hydroxylation is 1. The zero-order valence-electron chi connectivity index (χ0n) is 14.5. The average molecular weight is 322 g/mol. The van der Waals surface area contributed by atoms with Crippen molar-refractivity contribution in [3.05, 3.63) is 59.2 Å². The Hall–Kier alpha value is -2.80. The second-order valence-corrected chi connectivity index (χ2v) is 6.08. The summed E-state index contributed by atoms with van der Waals surface area (Å²) in [7, 11) is 0. The average Bonchev–Trinajstić information content (AvgIpc) is 2.56. The molecule has 4 nitrogen and oxygen atoms in total. The molecule has 0 aliphatic heterocycles. The quantitative estimate of drug-likeness (QED) is 0.887. The minimum Gasteiger partial charge on any atom is -0.481 e. The maximum absolute atomic E-state index is 12.5. The van der Waals surface area contributed by atoms with Gasteiger partial charge in [-0.3, -0.25) is 4.79 Å². The molecule has 0 unspecified atom stereocenters. The minimum atomic E-state index is -0.668. The molecule has 0 aromatic heterocycles. The molecule has 0 radical (unpaired) electrons. The van der Waals surface area contributed by atoms with E-state index in [0.717, 1.165) is 16.8 Å². The van der Waals surface area contributed by atoms with E-state index >= 15 is 0 Å². The molecule has 2 aromatic carbocycles. The van der Waals surface area contributed by atoms with Crippen molar-refractivity contribution in [3.63, 3.8) is 0 Å². The Morgan fingerprint density at radius 3 is 2.54 bits per heavy atom. The van der Waals surface area contributed by atoms with E-state index in [1.54, 1.807) is 31.2 Å². The third-order valence-corrected chi connectivity index (χ3v) is 3.82. The third-order valence-electron chi connectivity index (χ3n) is 3.82. The lowest BCUT2D eigenvalue weighted by Crippen LogP contribution is -2.30. The van der Waals surface area contributed by atoms with Crippen molar-refractivity contribution in [3.8, 4) is 11.8 Å². The monoisotopic (exact) mass is 322 g/mol. The number of ether oxygens (including phenoxy) is 1. The van der Waals surface area contributed by atoms with Crippen LogP contribution in [0.5, 0.6) is 5.75 Å². The van der Waals surface area contributed by atoms with E-state index < -0.39 is 6.10 Å². The van der Waals surface area contributed by atoms with Crippen molar-refractivity contribution in [1.29, 1.82) is 5.26 Å². The number of nitriles is 1. The van der Waals surface area contributed by atoms with Crippen LogP contribution in [-0.4, -0.2) is 12.0 Å². The van der Waals surface area contributed by atoms with Gasteiger partial charge in [-0.25, -0.2) is 0 Å². The van der Waals surface area contributed by atoms with Gasteiger partial charge in [0.1, 0.15) is 5.75 Å². The summed E-state index contributed by atoms with van der Waals surface area (Å²) >= 11 is 0. The molecule has 1 N–H and O–H groups in total. The van der Waals surface area contributed by atoms with Crippen LogP contribution >= 0.6 is 0 Å². The van der Waals surface area contributed by atoms with Crippen LogP contribution in [-0.2, 0) is 4.79 Å². The zero-order valence-corrected chi connectivity index (χ0v) is 14.5. The molecule has 2 aromatic rings. The second-order valence-electron chi connectivity index (χ2n) is 6.08. The molecule has 0 aliphatic rings. The lowest BCUT2D eigenvalue weighted by molar-refractivity contribution is -0.122. The summed E-state index contributed by atoms with van der Waals surface area (Å²) in [4.78, 5) is 12.5. The van der Waals surface area contributed by atoms with E-state index in [9.17, 15) is 4.79 Å². The molecule has 0 aliphatic carbocycles. The largest absolute Gasteiger partial charge is 0.481 e. The standard InChI is InChI=1S/C20H22N2O2/c1-13(2)18-10-5-7-14(3)19(18)22-20(23)15(4)24-17-9-6-8-16(11-17)12-21/h5-11,13,15H,1-4H3,(H,22,23)/t15-/m0/s1. The molecule has 0 saturated heterocycles. The number of rotatable bonds is 5. The Balaban J connectivity index is 2.14. The van der Waals surface area contributed by atoms with Crippen molar-refractivity contribution >= 4 is 11.6 Å². The Labute approximate surface area is 143 Å². The molecule has 124 valence electrons. The topological polar surface area (TPSA) is 62.1 Å². The molecule has 0 fully saturated rings. The summed E-state index contributed by atoms with van der Waals surface area (Å²) in [6.07, 6.45) is -0.668. The van der Waals surface area contributed by atoms with E-state index in [0.29, 0.717) is 17.2 Å². The summed E-state index contributed by atoms with van der Waals surface area (Å²) < 4.78 is 5.67. The third kappa shape index (κ3) is 4.14. The van der Waals surface area contributed by atoms with Gasteiger partial charge in [0, 0.05) is 5.69 Å². The summed E-state index contributed by atoms with van der Waals surface area (Å²) in [6.45, 7) is 7.86. The fourth-order valence-electron chi connectivity index (χ4n) is 2.46. The first-order valence-electron chi connectivity index (χ1n) is 7.99. The van der Waals surface area contributed by atoms with Crippen molar-refractivity contribution in [2.75, 3.05) is 5.32 Å². The maximum atomic E-state index is 12.5. The van der Waals surface area contributed by atoms with Crippen LogP contribution in [0.15, 0.2) is 42.5 Å². The molecule has 1 amide bonds. The maximum Gasteiger partial charge on any atom is 0.265 e. The van der Waals surface area contributed by atoms with E-state index in [1.165, 1.54) is 0 Å². The van der Waals surface area contributed by atoms with Gasteiger partial charge in [-0.2, -0.15) is 5.26 Å². The minimum absolute atomic E-state index is 0.214. The fraction of sp³-hybridized carbons (Fsp3) is 0.300. The van der Waals surface area contributed by atoms with Crippen molar-refractivity contribution in [1.82, 2.24) is 0 Å². The molecule has 0 saturated carbocycles. The number of amides is 1. The Morgan fingerprint density at radius 2 is 1.88 bits per heavy atom. The lowest BCUT2D eigenvalue weighted by atomic mass is 9.98. The molecule has 0 bridgehead atoms. The van der Waals surface area contributed by atoms with Gasteiger partial charge in [-0.05, 0) is 49.1 Å². The molecule has 24 heavy (non-hydrogen) atoms. The van der Waals surface area contributed by atoms with Gasteiger partial charge >= 0.3 is 0 Å². The highest BCUT2D eigenvalue weighted by Crippen LogP contribution is 2.27. The summed E-state index contributed by atoms with van der Waals surface area (Å²) in [5.41, 5.74) is 3.47. The number of carbonyl (C=O) groups is 1. The number of para-hydroxylation sites is 1. The first-order chi connectivity index (χ1) is 11.4. The molecular weight excluding hydrogens is 300 g/mol. The number of anilines is 1. The highest BCUT2D eigenvalue weighted by atomic mass is 16.5. The van der Waals surface area contributed by atoms with Crippen molar-refractivity contribution in [2.45, 2.75) is 39.7 Å². The van der Waals surface area contributed by atoms with Crippen LogP contribution in [0.1, 0.15) is 43.4 Å².